The van der Waals surface area contributed by atoms with Crippen molar-refractivity contribution in [1.29, 1.82) is 0 Å². The summed E-state index contributed by atoms with van der Waals surface area (Å²) in [5.74, 6) is 1.99. The van der Waals surface area contributed by atoms with E-state index in [0.29, 0.717) is 31.1 Å². The monoisotopic (exact) mass is 360 g/mol. The van der Waals surface area contributed by atoms with E-state index in [-0.39, 0.29) is 6.10 Å². The molecule has 1 aromatic carbocycles. The lowest BCUT2D eigenvalue weighted by Gasteiger charge is -2.33. The van der Waals surface area contributed by atoms with Crippen LogP contribution < -0.4 is 9.47 Å². The summed E-state index contributed by atoms with van der Waals surface area (Å²) in [7, 11) is 1.60. The third-order valence-corrected chi connectivity index (χ3v) is 4.41. The molecule has 0 aliphatic carbocycles. The van der Waals surface area contributed by atoms with Gasteiger partial charge in [-0.3, -0.25) is 9.69 Å². The summed E-state index contributed by atoms with van der Waals surface area (Å²) in [6, 6.07) is 5.06. The average Bonchev–Trinajstić information content (AvgIpc) is 2.95. The Morgan fingerprint density at radius 1 is 1.35 bits per heavy atom. The summed E-state index contributed by atoms with van der Waals surface area (Å²) in [5, 5.41) is 17.9. The number of methoxy groups -OCH3 is 1. The van der Waals surface area contributed by atoms with Crippen molar-refractivity contribution < 1.29 is 19.4 Å². The minimum absolute atomic E-state index is 0.0443. The van der Waals surface area contributed by atoms with Crippen LogP contribution in [-0.2, 0) is 24.4 Å². The number of carbonyl (C=O) groups is 1. The molecule has 1 aromatic heterocycles. The van der Waals surface area contributed by atoms with Crippen LogP contribution in [-0.4, -0.2) is 50.0 Å². The highest BCUT2D eigenvalue weighted by Crippen LogP contribution is 2.30. The van der Waals surface area contributed by atoms with Gasteiger partial charge in [0.25, 0.3) is 0 Å². The van der Waals surface area contributed by atoms with E-state index < -0.39 is 12.0 Å². The number of aryl methyl sites for hydroxylation is 1. The van der Waals surface area contributed by atoms with E-state index >= 15 is 0 Å². The van der Waals surface area contributed by atoms with E-state index in [1.165, 1.54) is 0 Å². The summed E-state index contributed by atoms with van der Waals surface area (Å²) < 4.78 is 13.0. The SMILES string of the molecule is COc1cc(CN2Cc3nnc(C)n3CC2C(=O)O)ccc1OC(C)C. The maximum absolute atomic E-state index is 11.8. The summed E-state index contributed by atoms with van der Waals surface area (Å²) in [4.78, 5) is 13.6. The Kier molecular flexibility index (Phi) is 5.13. The standard InChI is InChI=1S/C18H24N4O4/c1-11(2)26-15-6-5-13(7-16(15)25-4)8-21-10-17-20-19-12(3)22(17)9-14(21)18(23)24/h5-7,11,14H,8-10H2,1-4H3,(H,23,24). The fourth-order valence-corrected chi connectivity index (χ4v) is 3.16. The number of ether oxygens (including phenoxy) is 2. The summed E-state index contributed by atoms with van der Waals surface area (Å²) in [5.41, 5.74) is 0.953. The van der Waals surface area contributed by atoms with Crippen molar-refractivity contribution in [2.75, 3.05) is 7.11 Å². The molecule has 2 aromatic rings. The highest BCUT2D eigenvalue weighted by molar-refractivity contribution is 5.73. The predicted octanol–water partition coefficient (Wildman–Crippen LogP) is 1.85. The van der Waals surface area contributed by atoms with Crippen LogP contribution in [0.1, 0.15) is 31.1 Å². The second kappa shape index (κ2) is 7.33. The zero-order chi connectivity index (χ0) is 18.8. The largest absolute Gasteiger partial charge is 0.493 e. The van der Waals surface area contributed by atoms with Gasteiger partial charge in [0.2, 0.25) is 0 Å². The fourth-order valence-electron chi connectivity index (χ4n) is 3.16. The third kappa shape index (κ3) is 3.65. The van der Waals surface area contributed by atoms with Crippen LogP contribution in [0.3, 0.4) is 0 Å². The van der Waals surface area contributed by atoms with Crippen LogP contribution in [0.2, 0.25) is 0 Å². The molecular formula is C18H24N4O4. The zero-order valence-electron chi connectivity index (χ0n) is 15.5. The molecule has 0 saturated carbocycles. The zero-order valence-corrected chi connectivity index (χ0v) is 15.5. The first-order valence-electron chi connectivity index (χ1n) is 8.58. The van der Waals surface area contributed by atoms with Crippen LogP contribution in [0.15, 0.2) is 18.2 Å². The molecule has 1 N–H and O–H groups in total. The molecular weight excluding hydrogens is 336 g/mol. The molecule has 1 aliphatic rings. The van der Waals surface area contributed by atoms with Gasteiger partial charge in [0.1, 0.15) is 17.7 Å². The third-order valence-electron chi connectivity index (χ3n) is 4.41. The molecule has 8 nitrogen and oxygen atoms in total. The molecule has 140 valence electrons. The molecule has 1 aliphatic heterocycles. The quantitative estimate of drug-likeness (QED) is 0.841. The van der Waals surface area contributed by atoms with Gasteiger partial charge in [-0.1, -0.05) is 6.07 Å². The normalized spacial score (nSPS) is 17.2. The van der Waals surface area contributed by atoms with Crippen LogP contribution in [0.4, 0.5) is 0 Å². The van der Waals surface area contributed by atoms with Crippen molar-refractivity contribution in [3.05, 3.63) is 35.4 Å². The molecule has 1 atom stereocenters. The van der Waals surface area contributed by atoms with Gasteiger partial charge in [0, 0.05) is 6.54 Å². The number of carboxylic acid groups (broad SMARTS) is 1. The predicted molar refractivity (Wildman–Crippen MR) is 94.2 cm³/mol. The Morgan fingerprint density at radius 2 is 2.12 bits per heavy atom. The second-order valence-electron chi connectivity index (χ2n) is 6.68. The molecule has 1 unspecified atom stereocenters. The van der Waals surface area contributed by atoms with E-state index in [2.05, 4.69) is 10.2 Å². The highest BCUT2D eigenvalue weighted by atomic mass is 16.5. The van der Waals surface area contributed by atoms with Crippen LogP contribution in [0.5, 0.6) is 11.5 Å². The maximum atomic E-state index is 11.8. The second-order valence-corrected chi connectivity index (χ2v) is 6.68. The van der Waals surface area contributed by atoms with Crippen molar-refractivity contribution in [1.82, 2.24) is 19.7 Å². The molecule has 0 radical (unpaired) electrons. The van der Waals surface area contributed by atoms with Crippen LogP contribution >= 0.6 is 0 Å². The summed E-state index contributed by atoms with van der Waals surface area (Å²) >= 11 is 0. The molecule has 2 heterocycles. The van der Waals surface area contributed by atoms with Gasteiger partial charge < -0.3 is 19.1 Å². The first-order chi connectivity index (χ1) is 12.4. The molecule has 0 spiro atoms. The van der Waals surface area contributed by atoms with E-state index in [1.54, 1.807) is 7.11 Å². The van der Waals surface area contributed by atoms with Crippen LogP contribution in [0, 0.1) is 6.92 Å². The first kappa shape index (κ1) is 18.2. The lowest BCUT2D eigenvalue weighted by Crippen LogP contribution is -2.47. The van der Waals surface area contributed by atoms with Gasteiger partial charge in [-0.15, -0.1) is 10.2 Å². The van der Waals surface area contributed by atoms with E-state index in [4.69, 9.17) is 9.47 Å². The summed E-state index contributed by atoms with van der Waals surface area (Å²) in [6.45, 7) is 7.00. The minimum Gasteiger partial charge on any atom is -0.493 e. The molecule has 0 saturated heterocycles. The van der Waals surface area contributed by atoms with E-state index in [1.807, 2.05) is 48.4 Å². The van der Waals surface area contributed by atoms with E-state index in [0.717, 1.165) is 17.2 Å². The number of hydrogen-bond donors (Lipinski definition) is 1. The van der Waals surface area contributed by atoms with Crippen molar-refractivity contribution >= 4 is 5.97 Å². The van der Waals surface area contributed by atoms with Crippen molar-refractivity contribution in [3.8, 4) is 11.5 Å². The Morgan fingerprint density at radius 3 is 2.77 bits per heavy atom. The molecule has 0 bridgehead atoms. The van der Waals surface area contributed by atoms with Gasteiger partial charge in [0.05, 0.1) is 26.3 Å². The smallest absolute Gasteiger partial charge is 0.322 e. The lowest BCUT2D eigenvalue weighted by atomic mass is 10.1. The number of rotatable bonds is 6. The Bertz CT molecular complexity index is 802. The molecule has 3 rings (SSSR count). The van der Waals surface area contributed by atoms with Crippen molar-refractivity contribution in [2.24, 2.45) is 0 Å². The van der Waals surface area contributed by atoms with Crippen molar-refractivity contribution in [3.63, 3.8) is 0 Å². The number of hydrogen-bond acceptors (Lipinski definition) is 6. The number of nitrogens with zero attached hydrogens (tertiary/aromatic N) is 4. The van der Waals surface area contributed by atoms with Crippen LogP contribution in [0.25, 0.3) is 0 Å². The average molecular weight is 360 g/mol. The number of fused-ring (bicyclic) bond motifs is 1. The minimum atomic E-state index is -0.851. The molecule has 0 amide bonds. The fraction of sp³-hybridized carbons (Fsp3) is 0.500. The van der Waals surface area contributed by atoms with Crippen molar-refractivity contribution in [2.45, 2.75) is 52.6 Å². The lowest BCUT2D eigenvalue weighted by molar-refractivity contribution is -0.145. The first-order valence-corrected chi connectivity index (χ1v) is 8.58. The molecule has 26 heavy (non-hydrogen) atoms. The number of benzene rings is 1. The Balaban J connectivity index is 1.83. The molecule has 8 heteroatoms. The highest BCUT2D eigenvalue weighted by Gasteiger charge is 2.33. The maximum Gasteiger partial charge on any atom is 0.322 e. The van der Waals surface area contributed by atoms with Gasteiger partial charge in [0.15, 0.2) is 11.5 Å². The number of aliphatic carboxylic acids is 1. The van der Waals surface area contributed by atoms with Gasteiger partial charge in [-0.25, -0.2) is 0 Å². The van der Waals surface area contributed by atoms with Gasteiger partial charge in [-0.05, 0) is 38.5 Å². The Labute approximate surface area is 152 Å². The number of carboxylic acids is 1. The summed E-state index contributed by atoms with van der Waals surface area (Å²) in [6.07, 6.45) is 0.0443. The van der Waals surface area contributed by atoms with Gasteiger partial charge in [-0.2, -0.15) is 0 Å². The molecule has 0 fully saturated rings. The van der Waals surface area contributed by atoms with Gasteiger partial charge >= 0.3 is 5.97 Å². The van der Waals surface area contributed by atoms with E-state index in [9.17, 15) is 9.90 Å². The Hall–Kier alpha value is -2.61. The topological polar surface area (TPSA) is 89.7 Å². The number of aromatic nitrogens is 3.